The number of piperidine rings is 1. The summed E-state index contributed by atoms with van der Waals surface area (Å²) in [7, 11) is 0. The standard InChI is InChI=1S/C14H22N4O2/c19-14(20)11-5-4-9-18-13(11)15-12(16-18)6-10-17-7-2-1-3-8-17/h11H,1-10H2,(H,19,20). The minimum Gasteiger partial charge on any atom is -0.481 e. The van der Waals surface area contributed by atoms with E-state index in [-0.39, 0.29) is 0 Å². The SMILES string of the molecule is O=C(O)C1CCCn2nc(CCN3CCCCC3)nc21. The van der Waals surface area contributed by atoms with Gasteiger partial charge in [-0.25, -0.2) is 9.67 Å². The van der Waals surface area contributed by atoms with Crippen molar-refractivity contribution in [2.75, 3.05) is 19.6 Å². The van der Waals surface area contributed by atoms with Gasteiger partial charge in [-0.1, -0.05) is 6.42 Å². The van der Waals surface area contributed by atoms with Gasteiger partial charge in [0.15, 0.2) is 5.82 Å². The second-order valence-corrected chi connectivity index (χ2v) is 5.79. The van der Waals surface area contributed by atoms with Gasteiger partial charge in [0.25, 0.3) is 0 Å². The molecule has 1 unspecified atom stereocenters. The number of rotatable bonds is 4. The summed E-state index contributed by atoms with van der Waals surface area (Å²) in [6.07, 6.45) is 6.29. The lowest BCUT2D eigenvalue weighted by molar-refractivity contribution is -0.139. The lowest BCUT2D eigenvalue weighted by atomic mass is 10.00. The highest BCUT2D eigenvalue weighted by atomic mass is 16.4. The highest BCUT2D eigenvalue weighted by Crippen LogP contribution is 2.25. The molecule has 6 heteroatoms. The second kappa shape index (κ2) is 5.91. The Bertz CT molecular complexity index is 480. The summed E-state index contributed by atoms with van der Waals surface area (Å²) in [4.78, 5) is 18.2. The van der Waals surface area contributed by atoms with Crippen LogP contribution in [0.25, 0.3) is 0 Å². The van der Waals surface area contributed by atoms with E-state index in [1.807, 2.05) is 0 Å². The van der Waals surface area contributed by atoms with Crippen molar-refractivity contribution in [1.82, 2.24) is 19.7 Å². The maximum atomic E-state index is 11.2. The van der Waals surface area contributed by atoms with Crippen molar-refractivity contribution >= 4 is 5.97 Å². The van der Waals surface area contributed by atoms with Crippen molar-refractivity contribution < 1.29 is 9.90 Å². The Balaban J connectivity index is 1.64. The molecule has 0 aliphatic carbocycles. The molecule has 0 aromatic carbocycles. The van der Waals surface area contributed by atoms with Gasteiger partial charge in [0.05, 0.1) is 0 Å². The largest absolute Gasteiger partial charge is 0.481 e. The molecule has 1 saturated heterocycles. The van der Waals surface area contributed by atoms with E-state index in [1.54, 1.807) is 4.68 Å². The van der Waals surface area contributed by atoms with Crippen LogP contribution in [0.4, 0.5) is 0 Å². The molecule has 0 saturated carbocycles. The van der Waals surface area contributed by atoms with Crippen LogP contribution in [0.2, 0.25) is 0 Å². The highest BCUT2D eigenvalue weighted by molar-refractivity contribution is 5.75. The van der Waals surface area contributed by atoms with Gasteiger partial charge in [-0.15, -0.1) is 0 Å². The number of hydrogen-bond acceptors (Lipinski definition) is 4. The molecule has 0 radical (unpaired) electrons. The number of fused-ring (bicyclic) bond motifs is 1. The molecule has 6 nitrogen and oxygen atoms in total. The Labute approximate surface area is 118 Å². The fraction of sp³-hybridized carbons (Fsp3) is 0.786. The normalized spacial score (nSPS) is 23.5. The van der Waals surface area contributed by atoms with E-state index in [0.717, 1.165) is 31.8 Å². The van der Waals surface area contributed by atoms with Gasteiger partial charge in [0.1, 0.15) is 11.7 Å². The van der Waals surface area contributed by atoms with Crippen LogP contribution in [-0.4, -0.2) is 50.4 Å². The summed E-state index contributed by atoms with van der Waals surface area (Å²) >= 11 is 0. The number of carbonyl (C=O) groups is 1. The molecule has 1 N–H and O–H groups in total. The number of hydrogen-bond donors (Lipinski definition) is 1. The fourth-order valence-electron chi connectivity index (χ4n) is 3.18. The molecule has 1 atom stereocenters. The van der Waals surface area contributed by atoms with Crippen molar-refractivity contribution in [3.05, 3.63) is 11.6 Å². The first kappa shape index (κ1) is 13.5. The van der Waals surface area contributed by atoms with Crippen LogP contribution in [0.5, 0.6) is 0 Å². The molecule has 0 spiro atoms. The third-order valence-corrected chi connectivity index (χ3v) is 4.32. The first-order valence-electron chi connectivity index (χ1n) is 7.63. The number of nitrogens with zero attached hydrogens (tertiary/aromatic N) is 4. The lowest BCUT2D eigenvalue weighted by Crippen LogP contribution is -2.31. The highest BCUT2D eigenvalue weighted by Gasteiger charge is 2.29. The molecule has 1 fully saturated rings. The van der Waals surface area contributed by atoms with Crippen molar-refractivity contribution in [3.63, 3.8) is 0 Å². The number of carboxylic acid groups (broad SMARTS) is 1. The number of aliphatic carboxylic acids is 1. The van der Waals surface area contributed by atoms with E-state index in [1.165, 1.54) is 32.4 Å². The molecular formula is C14H22N4O2. The Morgan fingerprint density at radius 2 is 2.00 bits per heavy atom. The maximum Gasteiger partial charge on any atom is 0.314 e. The number of likely N-dealkylation sites (tertiary alicyclic amines) is 1. The predicted molar refractivity (Wildman–Crippen MR) is 73.6 cm³/mol. The summed E-state index contributed by atoms with van der Waals surface area (Å²) < 4.78 is 1.80. The molecule has 20 heavy (non-hydrogen) atoms. The van der Waals surface area contributed by atoms with E-state index in [2.05, 4.69) is 15.0 Å². The van der Waals surface area contributed by atoms with Crippen LogP contribution < -0.4 is 0 Å². The molecule has 3 heterocycles. The average molecular weight is 278 g/mol. The van der Waals surface area contributed by atoms with Gasteiger partial charge in [-0.3, -0.25) is 4.79 Å². The van der Waals surface area contributed by atoms with Gasteiger partial charge < -0.3 is 10.0 Å². The maximum absolute atomic E-state index is 11.2. The first-order chi connectivity index (χ1) is 9.74. The summed E-state index contributed by atoms with van der Waals surface area (Å²) in [6, 6.07) is 0. The van der Waals surface area contributed by atoms with Gasteiger partial charge >= 0.3 is 5.97 Å². The van der Waals surface area contributed by atoms with Crippen LogP contribution in [0.3, 0.4) is 0 Å². The molecule has 110 valence electrons. The van der Waals surface area contributed by atoms with Crippen LogP contribution in [-0.2, 0) is 17.8 Å². The van der Waals surface area contributed by atoms with Crippen LogP contribution in [0.1, 0.15) is 49.7 Å². The van der Waals surface area contributed by atoms with Gasteiger partial charge in [-0.05, 0) is 38.8 Å². The average Bonchev–Trinajstić information content (AvgIpc) is 2.88. The summed E-state index contributed by atoms with van der Waals surface area (Å²) in [5.41, 5.74) is 0. The number of aryl methyl sites for hydroxylation is 1. The lowest BCUT2D eigenvalue weighted by Gasteiger charge is -2.25. The zero-order valence-corrected chi connectivity index (χ0v) is 11.8. The summed E-state index contributed by atoms with van der Waals surface area (Å²) in [6.45, 7) is 4.13. The molecule has 3 rings (SSSR count). The van der Waals surface area contributed by atoms with Crippen LogP contribution in [0, 0.1) is 0 Å². The minimum absolute atomic E-state index is 0.472. The van der Waals surface area contributed by atoms with Gasteiger partial charge in [0, 0.05) is 19.5 Å². The Morgan fingerprint density at radius 1 is 1.20 bits per heavy atom. The van der Waals surface area contributed by atoms with Gasteiger partial charge in [0.2, 0.25) is 0 Å². The van der Waals surface area contributed by atoms with E-state index < -0.39 is 11.9 Å². The molecular weight excluding hydrogens is 256 g/mol. The van der Waals surface area contributed by atoms with E-state index in [9.17, 15) is 9.90 Å². The monoisotopic (exact) mass is 278 g/mol. The second-order valence-electron chi connectivity index (χ2n) is 5.79. The zero-order valence-electron chi connectivity index (χ0n) is 11.8. The molecule has 2 aliphatic rings. The summed E-state index contributed by atoms with van der Waals surface area (Å²) in [5, 5.41) is 13.7. The third-order valence-electron chi connectivity index (χ3n) is 4.32. The van der Waals surface area contributed by atoms with E-state index in [4.69, 9.17) is 0 Å². The summed E-state index contributed by atoms with van der Waals surface area (Å²) in [5.74, 6) is 0.206. The zero-order chi connectivity index (χ0) is 13.9. The Hall–Kier alpha value is -1.43. The fourth-order valence-corrected chi connectivity index (χ4v) is 3.18. The van der Waals surface area contributed by atoms with Crippen molar-refractivity contribution in [3.8, 4) is 0 Å². The minimum atomic E-state index is -0.777. The van der Waals surface area contributed by atoms with E-state index in [0.29, 0.717) is 12.2 Å². The van der Waals surface area contributed by atoms with Gasteiger partial charge in [-0.2, -0.15) is 5.10 Å². The Morgan fingerprint density at radius 3 is 2.75 bits per heavy atom. The van der Waals surface area contributed by atoms with Crippen LogP contribution >= 0.6 is 0 Å². The topological polar surface area (TPSA) is 71.2 Å². The molecule has 0 amide bonds. The third kappa shape index (κ3) is 2.85. The smallest absolute Gasteiger partial charge is 0.314 e. The molecule has 1 aromatic heterocycles. The predicted octanol–water partition coefficient (Wildman–Crippen LogP) is 1.27. The number of carboxylic acids is 1. The first-order valence-corrected chi connectivity index (χ1v) is 7.63. The Kier molecular flexibility index (Phi) is 4.00. The molecule has 1 aromatic rings. The van der Waals surface area contributed by atoms with E-state index >= 15 is 0 Å². The number of aromatic nitrogens is 3. The van der Waals surface area contributed by atoms with Crippen molar-refractivity contribution in [2.24, 2.45) is 0 Å². The molecule has 2 aliphatic heterocycles. The van der Waals surface area contributed by atoms with Crippen LogP contribution in [0.15, 0.2) is 0 Å². The molecule has 0 bridgehead atoms. The van der Waals surface area contributed by atoms with Crippen molar-refractivity contribution in [1.29, 1.82) is 0 Å². The quantitative estimate of drug-likeness (QED) is 0.898. The van der Waals surface area contributed by atoms with Crippen molar-refractivity contribution in [2.45, 2.75) is 51.0 Å².